The van der Waals surface area contributed by atoms with Crippen LogP contribution in [0.5, 0.6) is 0 Å². The Morgan fingerprint density at radius 2 is 1.30 bits per heavy atom. The molecule has 0 fully saturated rings. The third kappa shape index (κ3) is 4.49. The van der Waals surface area contributed by atoms with Crippen LogP contribution >= 0.6 is 0 Å². The van der Waals surface area contributed by atoms with Crippen molar-refractivity contribution in [2.75, 3.05) is 0 Å². The van der Waals surface area contributed by atoms with Gasteiger partial charge in [-0.2, -0.15) is 13.2 Å². The van der Waals surface area contributed by atoms with E-state index < -0.39 is 15.6 Å². The van der Waals surface area contributed by atoms with E-state index in [1.165, 1.54) is 0 Å². The maximum atomic E-state index is 10.7. The molecule has 0 aromatic rings. The Kier molecular flexibility index (Phi) is 6.05. The first-order valence-corrected chi connectivity index (χ1v) is 2.68. The van der Waals surface area contributed by atoms with E-state index in [0.717, 1.165) is 0 Å². The molecule has 10 heavy (non-hydrogen) atoms. The predicted octanol–water partition coefficient (Wildman–Crippen LogP) is -0.397. The van der Waals surface area contributed by atoms with Gasteiger partial charge in [0.1, 0.15) is 0 Å². The Balaban J connectivity index is -0.000000245. The first kappa shape index (κ1) is 16.3. The Morgan fingerprint density at radius 3 is 1.30 bits per heavy atom. The molecule has 0 amide bonds. The summed E-state index contributed by atoms with van der Waals surface area (Å²) in [5.74, 6) is 0. The van der Waals surface area contributed by atoms with Gasteiger partial charge in [-0.25, -0.2) is 8.42 Å². The first-order valence-electron chi connectivity index (χ1n) is 1.27. The normalized spacial score (nSPS) is 11.2. The lowest BCUT2D eigenvalue weighted by atomic mass is 11.6. The maximum Gasteiger partial charge on any atom is 0.485 e. The third-order valence-electron chi connectivity index (χ3n) is 0.283. The Bertz CT molecular complexity index is 169. The fraction of sp³-hybridized carbons (Fsp3) is 1.00. The lowest BCUT2D eigenvalue weighted by Crippen LogP contribution is -2.21. The van der Waals surface area contributed by atoms with Crippen LogP contribution in [0, 0.1) is 0 Å². The van der Waals surface area contributed by atoms with Gasteiger partial charge in [0.15, 0.2) is 10.1 Å². The molecule has 0 radical (unpaired) electrons. The smallest absolute Gasteiger partial charge is 0.485 e. The second kappa shape index (κ2) is 3.71. The molecule has 6 N–H and O–H groups in total. The van der Waals surface area contributed by atoms with Crippen LogP contribution in [-0.4, -0.2) is 24.0 Å². The zero-order valence-electron chi connectivity index (χ0n) is 4.77. The SMILES string of the molecule is O.O=S(=O)([O-])C(F)(F)F.[NH4+]. The van der Waals surface area contributed by atoms with Gasteiger partial charge in [0.2, 0.25) is 0 Å². The van der Waals surface area contributed by atoms with Crippen LogP contribution in [0.3, 0.4) is 0 Å². The summed E-state index contributed by atoms with van der Waals surface area (Å²) in [6, 6.07) is 0. The predicted molar refractivity (Wildman–Crippen MR) is 25.4 cm³/mol. The van der Waals surface area contributed by atoms with Crippen LogP contribution in [0.25, 0.3) is 0 Å². The van der Waals surface area contributed by atoms with E-state index >= 15 is 0 Å². The molecular formula is CH6F3NO4S. The molecule has 66 valence electrons. The summed E-state index contributed by atoms with van der Waals surface area (Å²) in [7, 11) is -6.09. The lowest BCUT2D eigenvalue weighted by molar-refractivity contribution is -0.0517. The molecule has 0 bridgehead atoms. The van der Waals surface area contributed by atoms with Crippen LogP contribution in [0.15, 0.2) is 0 Å². The number of hydrogen-bond acceptors (Lipinski definition) is 3. The van der Waals surface area contributed by atoms with E-state index in [4.69, 9.17) is 13.0 Å². The van der Waals surface area contributed by atoms with Crippen molar-refractivity contribution in [2.45, 2.75) is 5.51 Å². The molecule has 5 nitrogen and oxygen atoms in total. The van der Waals surface area contributed by atoms with Crippen molar-refractivity contribution in [1.29, 1.82) is 0 Å². The fourth-order valence-electron chi connectivity index (χ4n) is 0. The Morgan fingerprint density at radius 1 is 1.20 bits per heavy atom. The molecule has 0 aliphatic carbocycles. The Hall–Kier alpha value is -0.380. The monoisotopic (exact) mass is 185 g/mol. The van der Waals surface area contributed by atoms with Crippen molar-refractivity contribution >= 4 is 10.1 Å². The van der Waals surface area contributed by atoms with Crippen molar-refractivity contribution in [3.05, 3.63) is 0 Å². The summed E-state index contributed by atoms with van der Waals surface area (Å²) in [5, 5.41) is 0. The minimum absolute atomic E-state index is 0. The molecular weight excluding hydrogens is 179 g/mol. The van der Waals surface area contributed by atoms with Gasteiger partial charge < -0.3 is 16.2 Å². The van der Waals surface area contributed by atoms with Crippen LogP contribution in [0.2, 0.25) is 0 Å². The zero-order valence-corrected chi connectivity index (χ0v) is 5.58. The van der Waals surface area contributed by atoms with Gasteiger partial charge in [-0.05, 0) is 0 Å². The lowest BCUT2D eigenvalue weighted by Gasteiger charge is -2.08. The minimum Gasteiger partial charge on any atom is -0.741 e. The summed E-state index contributed by atoms with van der Waals surface area (Å²) in [4.78, 5) is 0. The van der Waals surface area contributed by atoms with Crippen molar-refractivity contribution in [3.63, 3.8) is 0 Å². The van der Waals surface area contributed by atoms with Crippen molar-refractivity contribution in [3.8, 4) is 0 Å². The van der Waals surface area contributed by atoms with E-state index in [0.29, 0.717) is 0 Å². The van der Waals surface area contributed by atoms with E-state index in [-0.39, 0.29) is 11.6 Å². The number of quaternary nitrogens is 1. The standard InChI is InChI=1S/CHF3O3S.H3N.H2O/c2-1(3,4)8(5,6)7;;/h(H,5,6,7);1H3;1H2. The second-order valence-electron chi connectivity index (χ2n) is 0.900. The zero-order chi connectivity index (χ0) is 7.00. The fourth-order valence-corrected chi connectivity index (χ4v) is 0. The van der Waals surface area contributed by atoms with E-state index in [2.05, 4.69) is 0 Å². The van der Waals surface area contributed by atoms with Crippen molar-refractivity contribution < 1.29 is 31.6 Å². The van der Waals surface area contributed by atoms with Gasteiger partial charge in [-0.1, -0.05) is 0 Å². The quantitative estimate of drug-likeness (QED) is 0.407. The number of alkyl halides is 3. The van der Waals surface area contributed by atoms with Crippen molar-refractivity contribution in [1.82, 2.24) is 6.15 Å². The average Bonchev–Trinajstić information content (AvgIpc) is 1.25. The first-order chi connectivity index (χ1) is 3.25. The molecule has 0 unspecified atom stereocenters. The number of rotatable bonds is 0. The summed E-state index contributed by atoms with van der Waals surface area (Å²) in [6.45, 7) is 0. The highest BCUT2D eigenvalue weighted by atomic mass is 32.2. The Labute approximate surface area is 54.5 Å². The van der Waals surface area contributed by atoms with Crippen LogP contribution in [-0.2, 0) is 10.1 Å². The van der Waals surface area contributed by atoms with E-state index in [9.17, 15) is 13.2 Å². The minimum atomic E-state index is -6.09. The number of halogens is 3. The van der Waals surface area contributed by atoms with Gasteiger partial charge in [-0.15, -0.1) is 0 Å². The molecule has 0 aliphatic heterocycles. The highest BCUT2D eigenvalue weighted by Gasteiger charge is 2.36. The van der Waals surface area contributed by atoms with Gasteiger partial charge in [-0.3, -0.25) is 0 Å². The van der Waals surface area contributed by atoms with Crippen molar-refractivity contribution in [2.24, 2.45) is 0 Å². The van der Waals surface area contributed by atoms with Gasteiger partial charge in [0, 0.05) is 0 Å². The van der Waals surface area contributed by atoms with E-state index in [1.54, 1.807) is 0 Å². The maximum absolute atomic E-state index is 10.7. The third-order valence-corrected chi connectivity index (χ3v) is 0.850. The molecule has 0 aliphatic rings. The van der Waals surface area contributed by atoms with Crippen LogP contribution in [0.4, 0.5) is 13.2 Å². The van der Waals surface area contributed by atoms with Crippen LogP contribution < -0.4 is 6.15 Å². The molecule has 0 saturated heterocycles. The van der Waals surface area contributed by atoms with Gasteiger partial charge in [0.05, 0.1) is 0 Å². The number of hydrogen-bond donors (Lipinski definition) is 1. The van der Waals surface area contributed by atoms with Gasteiger partial charge in [0.25, 0.3) is 0 Å². The largest absolute Gasteiger partial charge is 0.741 e. The summed E-state index contributed by atoms with van der Waals surface area (Å²) >= 11 is 0. The highest BCUT2D eigenvalue weighted by molar-refractivity contribution is 7.86. The highest BCUT2D eigenvalue weighted by Crippen LogP contribution is 2.20. The molecule has 0 saturated carbocycles. The molecule has 0 spiro atoms. The molecule has 9 heteroatoms. The average molecular weight is 185 g/mol. The molecule has 0 aromatic carbocycles. The molecule has 0 atom stereocenters. The van der Waals surface area contributed by atoms with Gasteiger partial charge >= 0.3 is 5.51 Å². The summed E-state index contributed by atoms with van der Waals surface area (Å²) < 4.78 is 58.9. The molecule has 0 rings (SSSR count). The van der Waals surface area contributed by atoms with Crippen LogP contribution in [0.1, 0.15) is 0 Å². The topological polar surface area (TPSA) is 125 Å². The molecule has 0 heterocycles. The van der Waals surface area contributed by atoms with E-state index in [1.807, 2.05) is 0 Å². The summed E-state index contributed by atoms with van der Waals surface area (Å²) in [5.41, 5.74) is -5.65. The molecule has 0 aromatic heterocycles. The second-order valence-corrected chi connectivity index (χ2v) is 2.27. The summed E-state index contributed by atoms with van der Waals surface area (Å²) in [6.07, 6.45) is 0.